The van der Waals surface area contributed by atoms with Crippen LogP contribution in [0.4, 0.5) is 5.00 Å². The number of carbonyl (C=O) groups excluding carboxylic acids is 3. The minimum atomic E-state index is -0.681. The maximum absolute atomic E-state index is 12.6. The molecule has 142 valence electrons. The maximum Gasteiger partial charge on any atom is 0.341 e. The SMILES string of the molecule is Cc1c(C(N)=O)sc(NC(=O)c2ccc3c(c2)OCO3)c1C(=O)OC(C)C. The Kier molecular flexibility index (Phi) is 5.04. The first-order valence-electron chi connectivity index (χ1n) is 8.13. The average molecular weight is 390 g/mol. The van der Waals surface area contributed by atoms with Crippen molar-refractivity contribution < 1.29 is 28.6 Å². The summed E-state index contributed by atoms with van der Waals surface area (Å²) in [6.45, 7) is 5.10. The molecule has 9 heteroatoms. The van der Waals surface area contributed by atoms with E-state index in [9.17, 15) is 14.4 Å². The van der Waals surface area contributed by atoms with E-state index in [1.54, 1.807) is 39.0 Å². The van der Waals surface area contributed by atoms with E-state index in [-0.39, 0.29) is 28.3 Å². The summed E-state index contributed by atoms with van der Waals surface area (Å²) in [6.07, 6.45) is -0.355. The highest BCUT2D eigenvalue weighted by Gasteiger charge is 2.27. The molecule has 0 saturated heterocycles. The molecule has 0 aliphatic carbocycles. The summed E-state index contributed by atoms with van der Waals surface area (Å²) in [5, 5.41) is 2.87. The van der Waals surface area contributed by atoms with Crippen molar-refractivity contribution in [2.24, 2.45) is 5.73 Å². The predicted molar refractivity (Wildman–Crippen MR) is 98.6 cm³/mol. The minimum absolute atomic E-state index is 0.0949. The fourth-order valence-corrected chi connectivity index (χ4v) is 3.61. The number of amides is 2. The number of fused-ring (bicyclic) bond motifs is 1. The van der Waals surface area contributed by atoms with Gasteiger partial charge in [0.05, 0.1) is 16.5 Å². The molecule has 2 amide bonds. The van der Waals surface area contributed by atoms with Gasteiger partial charge in [0.1, 0.15) is 5.00 Å². The van der Waals surface area contributed by atoms with Crippen molar-refractivity contribution in [3.63, 3.8) is 0 Å². The van der Waals surface area contributed by atoms with Crippen molar-refractivity contribution in [3.8, 4) is 11.5 Å². The number of esters is 1. The molecule has 0 bridgehead atoms. The van der Waals surface area contributed by atoms with E-state index in [2.05, 4.69) is 5.32 Å². The van der Waals surface area contributed by atoms with E-state index in [0.717, 1.165) is 11.3 Å². The molecule has 2 aromatic rings. The summed E-state index contributed by atoms with van der Waals surface area (Å²) in [4.78, 5) is 36.9. The average Bonchev–Trinajstić information content (AvgIpc) is 3.17. The second-order valence-electron chi connectivity index (χ2n) is 6.10. The van der Waals surface area contributed by atoms with Crippen molar-refractivity contribution in [3.05, 3.63) is 39.8 Å². The van der Waals surface area contributed by atoms with Gasteiger partial charge in [-0.2, -0.15) is 0 Å². The van der Waals surface area contributed by atoms with E-state index in [4.69, 9.17) is 19.9 Å². The van der Waals surface area contributed by atoms with Gasteiger partial charge in [-0.15, -0.1) is 11.3 Å². The molecule has 1 aliphatic rings. The Morgan fingerprint density at radius 2 is 1.93 bits per heavy atom. The number of ether oxygens (including phenoxy) is 3. The standard InChI is InChI=1S/C18H18N2O6S/c1-8(2)26-18(23)13-9(3)14(15(19)21)27-17(13)20-16(22)10-4-5-11-12(6-10)25-7-24-11/h4-6,8H,7H2,1-3H3,(H2,19,21)(H,20,22). The molecule has 3 N–H and O–H groups in total. The van der Waals surface area contributed by atoms with Crippen molar-refractivity contribution in [1.29, 1.82) is 0 Å². The van der Waals surface area contributed by atoms with Crippen LogP contribution in [0.3, 0.4) is 0 Å². The number of nitrogens with one attached hydrogen (secondary N) is 1. The molecule has 0 radical (unpaired) electrons. The van der Waals surface area contributed by atoms with Crippen molar-refractivity contribution in [2.75, 3.05) is 12.1 Å². The van der Waals surface area contributed by atoms with E-state index < -0.39 is 17.8 Å². The van der Waals surface area contributed by atoms with Gasteiger partial charge < -0.3 is 25.3 Å². The predicted octanol–water partition coefficient (Wildman–Crippen LogP) is 2.70. The summed E-state index contributed by atoms with van der Waals surface area (Å²) >= 11 is 0.935. The lowest BCUT2D eigenvalue weighted by atomic mass is 10.1. The number of carbonyl (C=O) groups is 3. The Labute approximate surface area is 159 Å². The molecular weight excluding hydrogens is 372 g/mol. The maximum atomic E-state index is 12.6. The number of nitrogens with two attached hydrogens (primary N) is 1. The molecule has 0 spiro atoms. The largest absolute Gasteiger partial charge is 0.459 e. The normalized spacial score (nSPS) is 12.1. The molecule has 1 aromatic heterocycles. The minimum Gasteiger partial charge on any atom is -0.459 e. The van der Waals surface area contributed by atoms with Gasteiger partial charge in [-0.1, -0.05) is 0 Å². The lowest BCUT2D eigenvalue weighted by molar-refractivity contribution is 0.0379. The zero-order chi connectivity index (χ0) is 19.7. The Morgan fingerprint density at radius 1 is 1.22 bits per heavy atom. The molecule has 1 aromatic carbocycles. The number of hydrogen-bond acceptors (Lipinski definition) is 7. The van der Waals surface area contributed by atoms with Crippen molar-refractivity contribution >= 4 is 34.1 Å². The molecule has 1 aliphatic heterocycles. The third-order valence-electron chi connectivity index (χ3n) is 3.78. The lowest BCUT2D eigenvalue weighted by Gasteiger charge is -2.10. The van der Waals surface area contributed by atoms with Crippen molar-refractivity contribution in [2.45, 2.75) is 26.9 Å². The van der Waals surface area contributed by atoms with Gasteiger partial charge in [0.2, 0.25) is 6.79 Å². The van der Waals surface area contributed by atoms with Gasteiger partial charge in [0.15, 0.2) is 11.5 Å². The Morgan fingerprint density at radius 3 is 2.59 bits per heavy atom. The van der Waals surface area contributed by atoms with Crippen LogP contribution in [0.5, 0.6) is 11.5 Å². The fourth-order valence-electron chi connectivity index (χ4n) is 2.57. The van der Waals surface area contributed by atoms with Crippen LogP contribution < -0.4 is 20.5 Å². The first-order valence-corrected chi connectivity index (χ1v) is 8.94. The van der Waals surface area contributed by atoms with Gasteiger partial charge >= 0.3 is 5.97 Å². The number of primary amides is 1. The Hall–Kier alpha value is -3.07. The lowest BCUT2D eigenvalue weighted by Crippen LogP contribution is -2.17. The van der Waals surface area contributed by atoms with Crippen LogP contribution in [0.2, 0.25) is 0 Å². The molecule has 8 nitrogen and oxygen atoms in total. The van der Waals surface area contributed by atoms with Gasteiger partial charge in [-0.25, -0.2) is 4.79 Å². The molecule has 2 heterocycles. The second-order valence-corrected chi connectivity index (χ2v) is 7.12. The quantitative estimate of drug-likeness (QED) is 0.758. The fraction of sp³-hybridized carbons (Fsp3) is 0.278. The van der Waals surface area contributed by atoms with Crippen LogP contribution in [0.25, 0.3) is 0 Å². The van der Waals surface area contributed by atoms with Gasteiger partial charge in [-0.3, -0.25) is 9.59 Å². The van der Waals surface area contributed by atoms with Crippen LogP contribution in [0.15, 0.2) is 18.2 Å². The number of thiophene rings is 1. The number of rotatable bonds is 5. The van der Waals surface area contributed by atoms with E-state index in [1.807, 2.05) is 0 Å². The Bertz CT molecular complexity index is 934. The molecular formula is C18H18N2O6S. The molecule has 3 rings (SSSR count). The summed E-state index contributed by atoms with van der Waals surface area (Å²) in [5.74, 6) is -0.769. The second kappa shape index (κ2) is 7.28. The molecule has 0 fully saturated rings. The number of benzene rings is 1. The zero-order valence-corrected chi connectivity index (χ0v) is 15.8. The van der Waals surface area contributed by atoms with Crippen molar-refractivity contribution in [1.82, 2.24) is 0 Å². The topological polar surface area (TPSA) is 117 Å². The highest BCUT2D eigenvalue weighted by atomic mass is 32.1. The molecule has 27 heavy (non-hydrogen) atoms. The number of hydrogen-bond donors (Lipinski definition) is 2. The van der Waals surface area contributed by atoms with Crippen LogP contribution >= 0.6 is 11.3 Å². The first-order chi connectivity index (χ1) is 12.8. The van der Waals surface area contributed by atoms with Crippen LogP contribution in [0, 0.1) is 6.92 Å². The zero-order valence-electron chi connectivity index (χ0n) is 15.0. The summed E-state index contributed by atoms with van der Waals surface area (Å²) in [7, 11) is 0. The van der Waals surface area contributed by atoms with E-state index >= 15 is 0 Å². The summed E-state index contributed by atoms with van der Waals surface area (Å²) < 4.78 is 15.7. The highest BCUT2D eigenvalue weighted by molar-refractivity contribution is 7.18. The number of anilines is 1. The van der Waals surface area contributed by atoms with Crippen LogP contribution in [0.1, 0.15) is 49.8 Å². The first kappa shape index (κ1) is 18.7. The Balaban J connectivity index is 1.93. The van der Waals surface area contributed by atoms with Crippen LogP contribution in [-0.2, 0) is 4.74 Å². The molecule has 0 unspecified atom stereocenters. The van der Waals surface area contributed by atoms with Gasteiger partial charge in [0, 0.05) is 5.56 Å². The molecule has 0 saturated carbocycles. The van der Waals surface area contributed by atoms with Gasteiger partial charge in [-0.05, 0) is 44.5 Å². The monoisotopic (exact) mass is 390 g/mol. The summed E-state index contributed by atoms with van der Waals surface area (Å²) in [5.41, 5.74) is 6.19. The van der Waals surface area contributed by atoms with E-state index in [1.165, 1.54) is 0 Å². The molecule has 0 atom stereocenters. The highest BCUT2D eigenvalue weighted by Crippen LogP contribution is 2.35. The van der Waals surface area contributed by atoms with Gasteiger partial charge in [0.25, 0.3) is 11.8 Å². The third-order valence-corrected chi connectivity index (χ3v) is 5.00. The smallest absolute Gasteiger partial charge is 0.341 e. The third kappa shape index (κ3) is 3.72. The van der Waals surface area contributed by atoms with Crippen LogP contribution in [-0.4, -0.2) is 30.7 Å². The summed E-state index contributed by atoms with van der Waals surface area (Å²) in [6, 6.07) is 4.74. The van der Waals surface area contributed by atoms with E-state index in [0.29, 0.717) is 22.6 Å².